The Bertz CT molecular complexity index is 513. The van der Waals surface area contributed by atoms with Gasteiger partial charge in [0.1, 0.15) is 0 Å². The summed E-state index contributed by atoms with van der Waals surface area (Å²) in [4.78, 5) is 17.6. The first-order chi connectivity index (χ1) is 9.37. The molecule has 1 aliphatic heterocycles. The molecule has 0 fully saturated rings. The van der Waals surface area contributed by atoms with E-state index in [0.29, 0.717) is 6.54 Å². The molecule has 1 amide bonds. The SMILES string of the molecule is CN(C(=O)OC(C)(C)I)C1=CN(c2cccnc2)NC1. The lowest BCUT2D eigenvalue weighted by molar-refractivity contribution is 0.0841. The number of halogens is 1. The van der Waals surface area contributed by atoms with E-state index in [9.17, 15) is 4.79 Å². The summed E-state index contributed by atoms with van der Waals surface area (Å²) in [5.41, 5.74) is 4.92. The molecule has 0 aliphatic carbocycles. The standard InChI is InChI=1S/C13H17IN4O2/c1-13(2,14)20-12(19)17(3)11-8-16-18(9-11)10-5-4-6-15-7-10/h4-7,9,16H,8H2,1-3H3. The third-order valence-electron chi connectivity index (χ3n) is 2.67. The number of amides is 1. The number of rotatable bonds is 3. The zero-order valence-corrected chi connectivity index (χ0v) is 13.8. The second-order valence-corrected chi connectivity index (χ2v) is 7.42. The van der Waals surface area contributed by atoms with Crippen LogP contribution in [0.5, 0.6) is 0 Å². The number of hydrazine groups is 1. The summed E-state index contributed by atoms with van der Waals surface area (Å²) in [6, 6.07) is 3.80. The van der Waals surface area contributed by atoms with Gasteiger partial charge in [-0.3, -0.25) is 14.9 Å². The maximum Gasteiger partial charge on any atom is 0.415 e. The van der Waals surface area contributed by atoms with Gasteiger partial charge in [0, 0.05) is 19.4 Å². The molecule has 1 aromatic rings. The molecular formula is C13H17IN4O2. The van der Waals surface area contributed by atoms with Crippen molar-refractivity contribution >= 4 is 34.4 Å². The van der Waals surface area contributed by atoms with Crippen LogP contribution in [0.1, 0.15) is 13.8 Å². The molecule has 108 valence electrons. The number of alkyl halides is 1. The quantitative estimate of drug-likeness (QED) is 0.637. The van der Waals surface area contributed by atoms with Crippen LogP contribution >= 0.6 is 22.6 Å². The minimum atomic E-state index is -0.529. The molecule has 1 N–H and O–H groups in total. The lowest BCUT2D eigenvalue weighted by atomic mass is 10.4. The summed E-state index contributed by atoms with van der Waals surface area (Å²) in [6.07, 6.45) is 4.96. The van der Waals surface area contributed by atoms with Crippen LogP contribution in [-0.2, 0) is 4.74 Å². The number of hydrogen-bond donors (Lipinski definition) is 1. The fourth-order valence-electron chi connectivity index (χ4n) is 1.67. The van der Waals surface area contributed by atoms with E-state index in [1.54, 1.807) is 19.4 Å². The maximum atomic E-state index is 12.0. The molecule has 0 saturated heterocycles. The highest BCUT2D eigenvalue weighted by Gasteiger charge is 2.25. The molecule has 7 heteroatoms. The highest BCUT2D eigenvalue weighted by Crippen LogP contribution is 2.22. The summed E-state index contributed by atoms with van der Waals surface area (Å²) < 4.78 is 4.80. The summed E-state index contributed by atoms with van der Waals surface area (Å²) in [7, 11) is 1.70. The van der Waals surface area contributed by atoms with Gasteiger partial charge in [0.25, 0.3) is 0 Å². The Morgan fingerprint density at radius 3 is 2.95 bits per heavy atom. The summed E-state index contributed by atoms with van der Waals surface area (Å²) >= 11 is 2.08. The molecule has 20 heavy (non-hydrogen) atoms. The van der Waals surface area contributed by atoms with Crippen LogP contribution in [0, 0.1) is 0 Å². The third-order valence-corrected chi connectivity index (χ3v) is 2.89. The van der Waals surface area contributed by atoms with E-state index in [-0.39, 0.29) is 6.09 Å². The topological polar surface area (TPSA) is 57.7 Å². The number of pyridine rings is 1. The fourth-order valence-corrected chi connectivity index (χ4v) is 1.86. The molecule has 1 aliphatic rings. The second kappa shape index (κ2) is 5.96. The lowest BCUT2D eigenvalue weighted by Gasteiger charge is -2.23. The van der Waals surface area contributed by atoms with E-state index in [4.69, 9.17) is 4.74 Å². The summed E-state index contributed by atoms with van der Waals surface area (Å²) in [5, 5.41) is 1.83. The van der Waals surface area contributed by atoms with Gasteiger partial charge in [-0.05, 0) is 48.6 Å². The number of nitrogens with zero attached hydrogens (tertiary/aromatic N) is 3. The van der Waals surface area contributed by atoms with E-state index in [1.807, 2.05) is 37.2 Å². The average molecular weight is 388 g/mol. The normalized spacial score (nSPS) is 15.0. The largest absolute Gasteiger partial charge is 0.432 e. The van der Waals surface area contributed by atoms with Crippen molar-refractivity contribution in [3.8, 4) is 0 Å². The number of carbonyl (C=O) groups is 1. The minimum absolute atomic E-state index is 0.370. The first-order valence-electron chi connectivity index (χ1n) is 6.16. The Morgan fingerprint density at radius 1 is 1.60 bits per heavy atom. The molecule has 6 nitrogen and oxygen atoms in total. The smallest absolute Gasteiger partial charge is 0.415 e. The second-order valence-electron chi connectivity index (χ2n) is 4.83. The Kier molecular flexibility index (Phi) is 4.48. The van der Waals surface area contributed by atoms with Crippen molar-refractivity contribution in [1.29, 1.82) is 0 Å². The van der Waals surface area contributed by atoms with Crippen molar-refractivity contribution in [2.24, 2.45) is 0 Å². The Labute approximate surface area is 131 Å². The number of hydrogen-bond acceptors (Lipinski definition) is 5. The van der Waals surface area contributed by atoms with Crippen LogP contribution in [0.15, 0.2) is 36.4 Å². The first-order valence-corrected chi connectivity index (χ1v) is 7.24. The molecule has 0 spiro atoms. The van der Waals surface area contributed by atoms with Crippen molar-refractivity contribution < 1.29 is 9.53 Å². The van der Waals surface area contributed by atoms with Crippen LogP contribution in [0.3, 0.4) is 0 Å². The van der Waals surface area contributed by atoms with Crippen LogP contribution < -0.4 is 10.4 Å². The molecular weight excluding hydrogens is 371 g/mol. The molecule has 1 aromatic heterocycles. The van der Waals surface area contributed by atoms with Gasteiger partial charge in [-0.2, -0.15) is 0 Å². The fraction of sp³-hybridized carbons (Fsp3) is 0.385. The van der Waals surface area contributed by atoms with E-state index in [2.05, 4.69) is 33.0 Å². The predicted octanol–water partition coefficient (Wildman–Crippen LogP) is 2.49. The summed E-state index contributed by atoms with van der Waals surface area (Å²) in [5.74, 6) is 0. The van der Waals surface area contributed by atoms with E-state index < -0.39 is 3.61 Å². The molecule has 0 unspecified atom stereocenters. The molecule has 2 rings (SSSR count). The average Bonchev–Trinajstić information content (AvgIpc) is 2.86. The van der Waals surface area contributed by atoms with Gasteiger partial charge in [0.05, 0.1) is 24.1 Å². The first kappa shape index (κ1) is 15.0. The van der Waals surface area contributed by atoms with E-state index >= 15 is 0 Å². The molecule has 0 atom stereocenters. The monoisotopic (exact) mass is 388 g/mol. The van der Waals surface area contributed by atoms with Gasteiger partial charge in [0.15, 0.2) is 3.61 Å². The van der Waals surface area contributed by atoms with Crippen LogP contribution in [0.4, 0.5) is 10.5 Å². The molecule has 0 bridgehead atoms. The van der Waals surface area contributed by atoms with Gasteiger partial charge >= 0.3 is 6.09 Å². The Hall–Kier alpha value is -1.35. The Balaban J connectivity index is 2.05. The lowest BCUT2D eigenvalue weighted by Crippen LogP contribution is -2.34. The van der Waals surface area contributed by atoms with Gasteiger partial charge in [-0.15, -0.1) is 0 Å². The van der Waals surface area contributed by atoms with Crippen molar-refractivity contribution in [1.82, 2.24) is 15.3 Å². The number of ether oxygens (including phenoxy) is 1. The third kappa shape index (κ3) is 3.83. The highest BCUT2D eigenvalue weighted by atomic mass is 127. The van der Waals surface area contributed by atoms with Crippen molar-refractivity contribution in [2.45, 2.75) is 17.5 Å². The van der Waals surface area contributed by atoms with Gasteiger partial charge in [0.2, 0.25) is 0 Å². The van der Waals surface area contributed by atoms with Crippen molar-refractivity contribution in [3.05, 3.63) is 36.4 Å². The predicted molar refractivity (Wildman–Crippen MR) is 85.1 cm³/mol. The van der Waals surface area contributed by atoms with E-state index in [0.717, 1.165) is 11.4 Å². The van der Waals surface area contributed by atoms with Crippen molar-refractivity contribution in [2.75, 3.05) is 18.6 Å². The summed E-state index contributed by atoms with van der Waals surface area (Å²) in [6.45, 7) is 4.23. The maximum absolute atomic E-state index is 12.0. The van der Waals surface area contributed by atoms with Crippen LogP contribution in [0.2, 0.25) is 0 Å². The zero-order valence-electron chi connectivity index (χ0n) is 11.6. The van der Waals surface area contributed by atoms with Crippen molar-refractivity contribution in [3.63, 3.8) is 0 Å². The van der Waals surface area contributed by atoms with E-state index in [1.165, 1.54) is 4.90 Å². The molecule has 0 aromatic carbocycles. The number of anilines is 1. The number of likely N-dealkylation sites (N-methyl/N-ethyl adjacent to an activating group) is 1. The molecule has 0 saturated carbocycles. The number of carbonyl (C=O) groups excluding carboxylic acids is 1. The van der Waals surface area contributed by atoms with Gasteiger partial charge < -0.3 is 4.74 Å². The van der Waals surface area contributed by atoms with Crippen LogP contribution in [0.25, 0.3) is 0 Å². The Morgan fingerprint density at radius 2 is 2.35 bits per heavy atom. The zero-order chi connectivity index (χ0) is 14.8. The highest BCUT2D eigenvalue weighted by molar-refractivity contribution is 14.1. The van der Waals surface area contributed by atoms with Crippen LogP contribution in [-0.4, -0.2) is 33.2 Å². The van der Waals surface area contributed by atoms with Gasteiger partial charge in [-0.1, -0.05) is 0 Å². The number of aromatic nitrogens is 1. The van der Waals surface area contributed by atoms with Gasteiger partial charge in [-0.25, -0.2) is 10.2 Å². The minimum Gasteiger partial charge on any atom is -0.432 e. The number of nitrogens with one attached hydrogen (secondary N) is 1. The molecule has 0 radical (unpaired) electrons. The molecule has 2 heterocycles.